The number of carbonyl (C=O) groups excluding carboxylic acids is 2. The van der Waals surface area contributed by atoms with Crippen molar-refractivity contribution in [2.75, 3.05) is 19.9 Å². The predicted molar refractivity (Wildman–Crippen MR) is 73.5 cm³/mol. The van der Waals surface area contributed by atoms with Crippen LogP contribution in [-0.4, -0.2) is 69.4 Å². The van der Waals surface area contributed by atoms with Crippen molar-refractivity contribution < 1.29 is 9.59 Å². The largest absolute Gasteiger partial charge is 0.325 e. The van der Waals surface area contributed by atoms with Crippen molar-refractivity contribution in [1.82, 2.24) is 24.9 Å². The fraction of sp³-hybridized carbons (Fsp3) is 0.846. The van der Waals surface area contributed by atoms with Crippen molar-refractivity contribution in [2.24, 2.45) is 0 Å². The third-order valence-electron chi connectivity index (χ3n) is 4.15. The van der Waals surface area contributed by atoms with Gasteiger partial charge < -0.3 is 5.32 Å². The molecule has 3 aliphatic heterocycles. The third-order valence-corrected chi connectivity index (χ3v) is 4.15. The molecule has 7 heteroatoms. The van der Waals surface area contributed by atoms with E-state index in [4.69, 9.17) is 0 Å². The van der Waals surface area contributed by atoms with E-state index in [1.165, 1.54) is 0 Å². The second-order valence-corrected chi connectivity index (χ2v) is 6.75. The molecule has 0 unspecified atom stereocenters. The van der Waals surface area contributed by atoms with E-state index in [9.17, 15) is 9.59 Å². The van der Waals surface area contributed by atoms with Crippen LogP contribution in [0.3, 0.4) is 0 Å². The molecule has 4 amide bonds. The van der Waals surface area contributed by atoms with E-state index < -0.39 is 0 Å². The number of hydrogen-bond donors (Lipinski definition) is 1. The van der Waals surface area contributed by atoms with Gasteiger partial charge in [-0.1, -0.05) is 6.92 Å². The van der Waals surface area contributed by atoms with Gasteiger partial charge in [0.05, 0.1) is 13.3 Å². The first-order valence-electron chi connectivity index (χ1n) is 7.24. The molecule has 2 atom stereocenters. The quantitative estimate of drug-likeness (QED) is 0.816. The molecule has 3 rings (SSSR count). The van der Waals surface area contributed by atoms with Crippen molar-refractivity contribution in [3.63, 3.8) is 0 Å². The van der Waals surface area contributed by atoms with Gasteiger partial charge in [0.25, 0.3) is 0 Å². The SMILES string of the molecule is CCCN1CN2C(=O)N[C@H]3[C@H]2N(C1)C(=O)N3C(C)(C)C. The fourth-order valence-corrected chi connectivity index (χ4v) is 3.41. The van der Waals surface area contributed by atoms with Crippen LogP contribution >= 0.6 is 0 Å². The molecule has 3 fully saturated rings. The lowest BCUT2D eigenvalue weighted by Crippen LogP contribution is -2.60. The average molecular weight is 281 g/mol. The van der Waals surface area contributed by atoms with Crippen LogP contribution in [0.2, 0.25) is 0 Å². The Balaban J connectivity index is 1.93. The lowest BCUT2D eigenvalue weighted by Gasteiger charge is -2.41. The minimum absolute atomic E-state index is 0.0123. The number of rotatable bonds is 2. The third kappa shape index (κ3) is 1.76. The molecule has 0 saturated carbocycles. The molecule has 112 valence electrons. The monoisotopic (exact) mass is 281 g/mol. The van der Waals surface area contributed by atoms with Gasteiger partial charge in [0.15, 0.2) is 6.17 Å². The molecular weight excluding hydrogens is 258 g/mol. The van der Waals surface area contributed by atoms with Crippen molar-refractivity contribution in [1.29, 1.82) is 0 Å². The molecule has 0 aromatic heterocycles. The highest BCUT2D eigenvalue weighted by Gasteiger charge is 2.59. The number of urea groups is 2. The summed E-state index contributed by atoms with van der Waals surface area (Å²) in [5.74, 6) is 0. The van der Waals surface area contributed by atoms with Gasteiger partial charge >= 0.3 is 12.1 Å². The van der Waals surface area contributed by atoms with E-state index >= 15 is 0 Å². The molecule has 0 bridgehead atoms. The number of hydrogen-bond acceptors (Lipinski definition) is 3. The first-order valence-corrected chi connectivity index (χ1v) is 7.24. The lowest BCUT2D eigenvalue weighted by atomic mass is 10.1. The zero-order valence-corrected chi connectivity index (χ0v) is 12.6. The Morgan fingerprint density at radius 2 is 1.85 bits per heavy atom. The first-order chi connectivity index (χ1) is 9.34. The van der Waals surface area contributed by atoms with Crippen molar-refractivity contribution >= 4 is 12.1 Å². The van der Waals surface area contributed by atoms with Crippen LogP contribution in [0.1, 0.15) is 34.1 Å². The number of amides is 4. The Morgan fingerprint density at radius 3 is 2.45 bits per heavy atom. The summed E-state index contributed by atoms with van der Waals surface area (Å²) in [5, 5.41) is 2.96. The van der Waals surface area contributed by atoms with Crippen LogP contribution in [0, 0.1) is 0 Å². The van der Waals surface area contributed by atoms with Gasteiger partial charge in [-0.15, -0.1) is 0 Å². The molecule has 0 aliphatic carbocycles. The number of nitrogens with one attached hydrogen (secondary N) is 1. The summed E-state index contributed by atoms with van der Waals surface area (Å²) in [6.07, 6.45) is 0.607. The molecule has 3 aliphatic rings. The molecule has 0 aromatic carbocycles. The molecule has 1 N–H and O–H groups in total. The summed E-state index contributed by atoms with van der Waals surface area (Å²) < 4.78 is 0. The van der Waals surface area contributed by atoms with Crippen LogP contribution in [-0.2, 0) is 0 Å². The van der Waals surface area contributed by atoms with E-state index in [1.54, 1.807) is 9.80 Å². The molecule has 3 heterocycles. The summed E-state index contributed by atoms with van der Waals surface area (Å²) in [4.78, 5) is 32.4. The first kappa shape index (κ1) is 13.5. The molecule has 0 spiro atoms. The van der Waals surface area contributed by atoms with Crippen molar-refractivity contribution in [3.05, 3.63) is 0 Å². The standard InChI is InChI=1S/C13H23N5O2/c1-5-6-15-7-16-10-9(14-11(16)19)18(13(2,3)4)12(20)17(10)8-15/h9-10H,5-8H2,1-4H3,(H,14,19)/t9-,10-/m1/s1. The fourth-order valence-electron chi connectivity index (χ4n) is 3.41. The Morgan fingerprint density at radius 1 is 1.20 bits per heavy atom. The van der Waals surface area contributed by atoms with Gasteiger partial charge in [-0.25, -0.2) is 9.59 Å². The second-order valence-electron chi connectivity index (χ2n) is 6.75. The summed E-state index contributed by atoms with van der Waals surface area (Å²) in [7, 11) is 0. The van der Waals surface area contributed by atoms with E-state index in [1.807, 2.05) is 25.7 Å². The maximum atomic E-state index is 12.7. The Kier molecular flexibility index (Phi) is 2.86. The smallest absolute Gasteiger partial charge is 0.314 e. The number of carbonyl (C=O) groups is 2. The van der Waals surface area contributed by atoms with Gasteiger partial charge in [0, 0.05) is 12.1 Å². The van der Waals surface area contributed by atoms with Crippen LogP contribution in [0.4, 0.5) is 9.59 Å². The summed E-state index contributed by atoms with van der Waals surface area (Å²) in [5.41, 5.74) is -0.308. The molecule has 3 saturated heterocycles. The van der Waals surface area contributed by atoms with Gasteiger partial charge in [0.2, 0.25) is 0 Å². The van der Waals surface area contributed by atoms with Crippen LogP contribution in [0.5, 0.6) is 0 Å². The highest BCUT2D eigenvalue weighted by molar-refractivity contribution is 5.85. The van der Waals surface area contributed by atoms with Gasteiger partial charge in [-0.3, -0.25) is 19.6 Å². The van der Waals surface area contributed by atoms with E-state index in [0.717, 1.165) is 13.0 Å². The van der Waals surface area contributed by atoms with Gasteiger partial charge in [0.1, 0.15) is 6.17 Å². The maximum Gasteiger partial charge on any atom is 0.325 e. The summed E-state index contributed by atoms with van der Waals surface area (Å²) in [6.45, 7) is 10.2. The average Bonchev–Trinajstić information content (AvgIpc) is 2.79. The molecule has 20 heavy (non-hydrogen) atoms. The maximum absolute atomic E-state index is 12.7. The number of nitrogens with zero attached hydrogens (tertiary/aromatic N) is 4. The normalized spacial score (nSPS) is 30.1. The summed E-state index contributed by atoms with van der Waals surface area (Å²) >= 11 is 0. The van der Waals surface area contributed by atoms with Gasteiger partial charge in [-0.2, -0.15) is 0 Å². The molecular formula is C13H23N5O2. The Bertz CT molecular complexity index is 447. The predicted octanol–water partition coefficient (Wildman–Crippen LogP) is 0.841. The van der Waals surface area contributed by atoms with Crippen LogP contribution < -0.4 is 5.32 Å². The van der Waals surface area contributed by atoms with Crippen LogP contribution in [0.25, 0.3) is 0 Å². The minimum atomic E-state index is -0.308. The highest BCUT2D eigenvalue weighted by Crippen LogP contribution is 2.36. The zero-order valence-electron chi connectivity index (χ0n) is 12.6. The zero-order chi connectivity index (χ0) is 14.7. The minimum Gasteiger partial charge on any atom is -0.314 e. The molecule has 7 nitrogen and oxygen atoms in total. The van der Waals surface area contributed by atoms with E-state index in [-0.39, 0.29) is 29.9 Å². The van der Waals surface area contributed by atoms with Gasteiger partial charge in [-0.05, 0) is 27.2 Å². The summed E-state index contributed by atoms with van der Waals surface area (Å²) in [6, 6.07) is -0.0640. The topological polar surface area (TPSA) is 59.1 Å². The second kappa shape index (κ2) is 4.25. The van der Waals surface area contributed by atoms with Crippen LogP contribution in [0.15, 0.2) is 0 Å². The molecule has 0 aromatic rings. The Hall–Kier alpha value is -1.50. The lowest BCUT2D eigenvalue weighted by molar-refractivity contribution is -0.0104. The Labute approximate surface area is 119 Å². The van der Waals surface area contributed by atoms with Crippen molar-refractivity contribution in [2.45, 2.75) is 52.0 Å². The van der Waals surface area contributed by atoms with E-state index in [2.05, 4.69) is 17.1 Å². The van der Waals surface area contributed by atoms with E-state index in [0.29, 0.717) is 13.3 Å². The highest BCUT2D eigenvalue weighted by atomic mass is 16.2. The molecule has 0 radical (unpaired) electrons. The van der Waals surface area contributed by atoms with Crippen molar-refractivity contribution in [3.8, 4) is 0 Å².